The molecule has 0 aliphatic rings. The van der Waals surface area contributed by atoms with E-state index in [9.17, 15) is 0 Å². The van der Waals surface area contributed by atoms with Gasteiger partial charge >= 0.3 is 0 Å². The van der Waals surface area contributed by atoms with Gasteiger partial charge in [0, 0.05) is 32.8 Å². The van der Waals surface area contributed by atoms with Crippen molar-refractivity contribution in [1.29, 1.82) is 0 Å². The van der Waals surface area contributed by atoms with Crippen molar-refractivity contribution in [3.63, 3.8) is 0 Å². The third kappa shape index (κ3) is 5.25. The molecule has 8 aromatic carbocycles. The van der Waals surface area contributed by atoms with E-state index in [-0.39, 0.29) is 5.41 Å². The molecular formula is C52H40N2. The smallest absolute Gasteiger partial charge is 0.0541 e. The lowest BCUT2D eigenvalue weighted by Gasteiger charge is -2.20. The molecule has 2 nitrogen and oxygen atoms in total. The molecule has 10 rings (SSSR count). The third-order valence-electron chi connectivity index (χ3n) is 11.1. The lowest BCUT2D eigenvalue weighted by molar-refractivity contribution is 0.590. The maximum absolute atomic E-state index is 2.45. The number of rotatable bonds is 5. The van der Waals surface area contributed by atoms with Crippen LogP contribution in [0, 0.1) is 0 Å². The fourth-order valence-electron chi connectivity index (χ4n) is 8.34. The Morgan fingerprint density at radius 2 is 0.796 bits per heavy atom. The molecule has 0 atom stereocenters. The molecule has 0 radical (unpaired) electrons. The van der Waals surface area contributed by atoms with Crippen molar-refractivity contribution in [3.05, 3.63) is 194 Å². The first-order valence-corrected chi connectivity index (χ1v) is 18.9. The summed E-state index contributed by atoms with van der Waals surface area (Å²) in [5.74, 6) is 0. The van der Waals surface area contributed by atoms with Crippen LogP contribution in [0.2, 0.25) is 0 Å². The first-order chi connectivity index (χ1) is 26.4. The zero-order valence-electron chi connectivity index (χ0n) is 30.8. The van der Waals surface area contributed by atoms with Crippen LogP contribution in [0.25, 0.3) is 88.4 Å². The molecule has 0 saturated carbocycles. The summed E-state index contributed by atoms with van der Waals surface area (Å²) in [5.41, 5.74) is 15.9. The highest BCUT2D eigenvalue weighted by molar-refractivity contribution is 6.13. The Hall–Kier alpha value is -6.64. The van der Waals surface area contributed by atoms with Gasteiger partial charge in [-0.2, -0.15) is 0 Å². The number of hydrogen-bond acceptors (Lipinski definition) is 0. The molecule has 0 spiro atoms. The largest absolute Gasteiger partial charge is 0.309 e. The van der Waals surface area contributed by atoms with Crippen molar-refractivity contribution in [1.82, 2.24) is 9.13 Å². The van der Waals surface area contributed by atoms with E-state index in [4.69, 9.17) is 0 Å². The first kappa shape index (κ1) is 32.0. The van der Waals surface area contributed by atoms with Crippen LogP contribution in [-0.4, -0.2) is 9.13 Å². The summed E-state index contributed by atoms with van der Waals surface area (Å²) >= 11 is 0. The van der Waals surface area contributed by atoms with Crippen molar-refractivity contribution in [2.75, 3.05) is 0 Å². The molecule has 2 heterocycles. The molecule has 0 unspecified atom stereocenters. The molecule has 0 fully saturated rings. The highest BCUT2D eigenvalue weighted by Crippen LogP contribution is 2.40. The summed E-state index contributed by atoms with van der Waals surface area (Å²) in [7, 11) is 0. The number of para-hydroxylation sites is 3. The van der Waals surface area contributed by atoms with Crippen LogP contribution in [0.1, 0.15) is 26.3 Å². The second-order valence-corrected chi connectivity index (χ2v) is 15.4. The van der Waals surface area contributed by atoms with E-state index in [1.807, 2.05) is 0 Å². The van der Waals surface area contributed by atoms with Gasteiger partial charge in [0.05, 0.1) is 27.8 Å². The van der Waals surface area contributed by atoms with E-state index < -0.39 is 0 Å². The van der Waals surface area contributed by atoms with Crippen molar-refractivity contribution >= 4 is 43.6 Å². The number of benzene rings is 8. The average Bonchev–Trinajstić information content (AvgIpc) is 3.73. The predicted octanol–water partition coefficient (Wildman–Crippen LogP) is 14.2. The average molecular weight is 693 g/mol. The van der Waals surface area contributed by atoms with Crippen LogP contribution < -0.4 is 0 Å². The van der Waals surface area contributed by atoms with Crippen molar-refractivity contribution in [2.24, 2.45) is 0 Å². The Morgan fingerprint density at radius 1 is 0.333 bits per heavy atom. The SMILES string of the molecule is CC(C)(C)c1ccc(-c2ccccc2-n2c3ccccc3c3cc(-c4ccc5c(c4)c4ccccc4n5-c4ccc(-c5ccccc5)cc4)ccc32)cc1. The highest BCUT2D eigenvalue weighted by Gasteiger charge is 2.19. The molecule has 0 aliphatic carbocycles. The fourth-order valence-corrected chi connectivity index (χ4v) is 8.34. The van der Waals surface area contributed by atoms with Gasteiger partial charge in [-0.1, -0.05) is 154 Å². The third-order valence-corrected chi connectivity index (χ3v) is 11.1. The first-order valence-electron chi connectivity index (χ1n) is 18.9. The zero-order chi connectivity index (χ0) is 36.4. The fraction of sp³-hybridized carbons (Fsp3) is 0.0769. The van der Waals surface area contributed by atoms with E-state index in [1.54, 1.807) is 0 Å². The molecule has 0 bridgehead atoms. The van der Waals surface area contributed by atoms with Crippen LogP contribution in [0.5, 0.6) is 0 Å². The van der Waals surface area contributed by atoms with Crippen LogP contribution in [0.3, 0.4) is 0 Å². The lowest BCUT2D eigenvalue weighted by atomic mass is 9.86. The van der Waals surface area contributed by atoms with E-state index in [2.05, 4.69) is 218 Å². The quantitative estimate of drug-likeness (QED) is 0.170. The van der Waals surface area contributed by atoms with E-state index in [1.165, 1.54) is 88.2 Å². The topological polar surface area (TPSA) is 9.86 Å². The van der Waals surface area contributed by atoms with Gasteiger partial charge in [0.15, 0.2) is 0 Å². The zero-order valence-corrected chi connectivity index (χ0v) is 30.8. The van der Waals surface area contributed by atoms with Gasteiger partial charge < -0.3 is 9.13 Å². The van der Waals surface area contributed by atoms with Gasteiger partial charge in [-0.05, 0) is 93.4 Å². The number of aromatic nitrogens is 2. The minimum absolute atomic E-state index is 0.110. The van der Waals surface area contributed by atoms with Gasteiger partial charge in [0.2, 0.25) is 0 Å². The minimum Gasteiger partial charge on any atom is -0.309 e. The summed E-state index contributed by atoms with van der Waals surface area (Å²) < 4.78 is 4.84. The highest BCUT2D eigenvalue weighted by atomic mass is 15.0. The second kappa shape index (κ2) is 12.5. The normalized spacial score (nSPS) is 12.0. The van der Waals surface area contributed by atoms with Crippen LogP contribution in [0.4, 0.5) is 0 Å². The summed E-state index contributed by atoms with van der Waals surface area (Å²) in [6.45, 7) is 6.81. The molecule has 0 amide bonds. The Kier molecular flexibility index (Phi) is 7.42. The van der Waals surface area contributed by atoms with Gasteiger partial charge in [0.1, 0.15) is 0 Å². The molecule has 0 saturated heterocycles. The summed E-state index contributed by atoms with van der Waals surface area (Å²) in [6.07, 6.45) is 0. The summed E-state index contributed by atoms with van der Waals surface area (Å²) in [5, 5.41) is 5.02. The van der Waals surface area contributed by atoms with Crippen LogP contribution in [-0.2, 0) is 5.41 Å². The Bertz CT molecular complexity index is 2990. The molecule has 0 N–H and O–H groups in total. The second-order valence-electron chi connectivity index (χ2n) is 15.4. The molecule has 10 aromatic rings. The molecule has 258 valence electrons. The summed E-state index contributed by atoms with van der Waals surface area (Å²) in [4.78, 5) is 0. The minimum atomic E-state index is 0.110. The van der Waals surface area contributed by atoms with Crippen molar-refractivity contribution in [3.8, 4) is 44.8 Å². The molecular weight excluding hydrogens is 653 g/mol. The van der Waals surface area contributed by atoms with Gasteiger partial charge in [-0.3, -0.25) is 0 Å². The van der Waals surface area contributed by atoms with Crippen molar-refractivity contribution < 1.29 is 0 Å². The number of fused-ring (bicyclic) bond motifs is 6. The van der Waals surface area contributed by atoms with E-state index >= 15 is 0 Å². The van der Waals surface area contributed by atoms with Gasteiger partial charge in [-0.25, -0.2) is 0 Å². The standard InChI is InChI=1S/C52H40N2/c1-52(2,3)40-27-21-37(22-28-40)42-15-7-10-18-47(42)54-49-20-12-9-17-44(49)46-34-39(26-32-51(46)54)38-25-31-50-45(33-38)43-16-8-11-19-48(43)53(50)41-29-23-36(24-30-41)35-13-5-4-6-14-35/h4-34H,1-3H3. The maximum atomic E-state index is 2.45. The molecule has 2 aromatic heterocycles. The number of hydrogen-bond donors (Lipinski definition) is 0. The Morgan fingerprint density at radius 3 is 1.43 bits per heavy atom. The van der Waals surface area contributed by atoms with Gasteiger partial charge in [-0.15, -0.1) is 0 Å². The van der Waals surface area contributed by atoms with E-state index in [0.29, 0.717) is 0 Å². The Balaban J connectivity index is 1.10. The van der Waals surface area contributed by atoms with Crippen LogP contribution >= 0.6 is 0 Å². The molecule has 2 heteroatoms. The lowest BCUT2D eigenvalue weighted by Crippen LogP contribution is -2.10. The monoisotopic (exact) mass is 692 g/mol. The van der Waals surface area contributed by atoms with Crippen molar-refractivity contribution in [2.45, 2.75) is 26.2 Å². The Labute approximate surface area is 316 Å². The van der Waals surface area contributed by atoms with Crippen LogP contribution in [0.15, 0.2) is 188 Å². The summed E-state index contributed by atoms with van der Waals surface area (Å²) in [6, 6.07) is 69.0. The van der Waals surface area contributed by atoms with E-state index in [0.717, 1.165) is 5.69 Å². The molecule has 54 heavy (non-hydrogen) atoms. The number of nitrogens with zero attached hydrogens (tertiary/aromatic N) is 2. The predicted molar refractivity (Wildman–Crippen MR) is 230 cm³/mol. The maximum Gasteiger partial charge on any atom is 0.0541 e. The van der Waals surface area contributed by atoms with Gasteiger partial charge in [0.25, 0.3) is 0 Å². The molecule has 0 aliphatic heterocycles.